The van der Waals surface area contributed by atoms with Crippen LogP contribution in [-0.2, 0) is 10.9 Å². The Kier molecular flexibility index (Phi) is 3.95. The summed E-state index contributed by atoms with van der Waals surface area (Å²) in [6, 6.07) is 1.15. The van der Waals surface area contributed by atoms with Crippen molar-refractivity contribution in [2.75, 3.05) is 0 Å². The fraction of sp³-hybridized carbons (Fsp3) is 0.364. The standard InChI is InChI=1S/C11H9ClF3N3O3/c1-5(2)20-10(19)21-18-7-3-6(12)4-16-8(7)17-9(18)11(13,14)15/h3-5H,1-2H3. The van der Waals surface area contributed by atoms with E-state index >= 15 is 0 Å². The highest BCUT2D eigenvalue weighted by Gasteiger charge is 2.40. The molecule has 0 saturated carbocycles. The fourth-order valence-electron chi connectivity index (χ4n) is 1.48. The first kappa shape index (κ1) is 15.4. The van der Waals surface area contributed by atoms with Gasteiger partial charge in [0.05, 0.1) is 11.1 Å². The molecule has 0 unspecified atom stereocenters. The molecule has 2 aromatic rings. The van der Waals surface area contributed by atoms with E-state index in [4.69, 9.17) is 11.6 Å². The van der Waals surface area contributed by atoms with Gasteiger partial charge in [-0.2, -0.15) is 13.2 Å². The van der Waals surface area contributed by atoms with E-state index in [0.717, 1.165) is 12.3 Å². The SMILES string of the molecule is CC(C)OC(=O)On1c(C(F)(F)F)nc2ncc(Cl)cc21. The maximum atomic E-state index is 12.9. The van der Waals surface area contributed by atoms with Gasteiger partial charge < -0.3 is 4.74 Å². The van der Waals surface area contributed by atoms with Gasteiger partial charge in [0.15, 0.2) is 5.65 Å². The van der Waals surface area contributed by atoms with Gasteiger partial charge in [0.2, 0.25) is 0 Å². The smallest absolute Gasteiger partial charge is 0.430 e. The number of imidazole rings is 1. The Morgan fingerprint density at radius 1 is 1.43 bits per heavy atom. The molecule has 0 atom stereocenters. The van der Waals surface area contributed by atoms with Crippen LogP contribution in [0.3, 0.4) is 0 Å². The Balaban J connectivity index is 2.52. The molecule has 2 heterocycles. The lowest BCUT2D eigenvalue weighted by Gasteiger charge is -2.12. The van der Waals surface area contributed by atoms with Gasteiger partial charge >= 0.3 is 12.3 Å². The van der Waals surface area contributed by atoms with Crippen LogP contribution in [0.1, 0.15) is 19.7 Å². The zero-order valence-corrected chi connectivity index (χ0v) is 11.6. The second-order valence-electron chi connectivity index (χ2n) is 4.23. The molecule has 0 saturated heterocycles. The highest BCUT2D eigenvalue weighted by Crippen LogP contribution is 2.31. The second-order valence-corrected chi connectivity index (χ2v) is 4.67. The summed E-state index contributed by atoms with van der Waals surface area (Å²) < 4.78 is 43.6. The quantitative estimate of drug-likeness (QED) is 0.795. The predicted molar refractivity (Wildman–Crippen MR) is 65.7 cm³/mol. The molecule has 2 rings (SSSR count). The molecule has 0 spiro atoms. The van der Waals surface area contributed by atoms with Gasteiger partial charge in [-0.3, -0.25) is 4.84 Å². The van der Waals surface area contributed by atoms with E-state index in [-0.39, 0.29) is 20.9 Å². The number of pyridine rings is 1. The summed E-state index contributed by atoms with van der Waals surface area (Å²) in [5.74, 6) is -1.44. The van der Waals surface area contributed by atoms with Gasteiger partial charge in [0.25, 0.3) is 5.82 Å². The van der Waals surface area contributed by atoms with Crippen molar-refractivity contribution in [3.8, 4) is 0 Å². The molecular formula is C11H9ClF3N3O3. The van der Waals surface area contributed by atoms with Crippen molar-refractivity contribution in [2.24, 2.45) is 0 Å². The Hall–Kier alpha value is -2.03. The molecule has 0 aromatic carbocycles. The van der Waals surface area contributed by atoms with E-state index in [2.05, 4.69) is 19.5 Å². The van der Waals surface area contributed by atoms with Crippen LogP contribution in [0.5, 0.6) is 0 Å². The van der Waals surface area contributed by atoms with Crippen LogP contribution in [0.25, 0.3) is 11.2 Å². The number of carbonyl (C=O) groups excluding carboxylic acids is 1. The first-order chi connectivity index (χ1) is 9.68. The molecule has 0 aliphatic rings. The minimum atomic E-state index is -4.84. The molecule has 0 fully saturated rings. The Bertz CT molecular complexity index is 684. The molecule has 6 nitrogen and oxygen atoms in total. The van der Waals surface area contributed by atoms with Crippen LogP contribution in [-0.4, -0.2) is 27.0 Å². The molecule has 10 heteroatoms. The average molecular weight is 324 g/mol. The third-order valence-electron chi connectivity index (χ3n) is 2.19. The third kappa shape index (κ3) is 3.35. The zero-order valence-electron chi connectivity index (χ0n) is 10.8. The van der Waals surface area contributed by atoms with E-state index < -0.39 is 24.3 Å². The number of alkyl halides is 3. The maximum absolute atomic E-state index is 12.9. The number of fused-ring (bicyclic) bond motifs is 1. The minimum absolute atomic E-state index is 0.0678. The lowest BCUT2D eigenvalue weighted by atomic mass is 10.4. The Morgan fingerprint density at radius 3 is 2.67 bits per heavy atom. The van der Waals surface area contributed by atoms with Crippen molar-refractivity contribution in [3.63, 3.8) is 0 Å². The van der Waals surface area contributed by atoms with Gasteiger partial charge in [-0.15, -0.1) is 4.73 Å². The molecule has 0 aliphatic carbocycles. The van der Waals surface area contributed by atoms with Crippen LogP contribution in [0.4, 0.5) is 18.0 Å². The monoisotopic (exact) mass is 323 g/mol. The largest absolute Gasteiger partial charge is 0.534 e. The molecule has 2 aromatic heterocycles. The number of halogens is 4. The van der Waals surface area contributed by atoms with Crippen LogP contribution in [0.2, 0.25) is 5.02 Å². The van der Waals surface area contributed by atoms with Crippen molar-refractivity contribution in [3.05, 3.63) is 23.1 Å². The van der Waals surface area contributed by atoms with Gasteiger partial charge in [0, 0.05) is 6.20 Å². The fourth-order valence-corrected chi connectivity index (χ4v) is 1.63. The van der Waals surface area contributed by atoms with Crippen LogP contribution in [0, 0.1) is 0 Å². The van der Waals surface area contributed by atoms with Crippen molar-refractivity contribution in [1.29, 1.82) is 0 Å². The van der Waals surface area contributed by atoms with Gasteiger partial charge in [-0.05, 0) is 19.9 Å². The second kappa shape index (κ2) is 5.40. The minimum Gasteiger partial charge on any atom is -0.430 e. The van der Waals surface area contributed by atoms with Crippen molar-refractivity contribution >= 4 is 28.9 Å². The highest BCUT2D eigenvalue weighted by atomic mass is 35.5. The molecule has 114 valence electrons. The van der Waals surface area contributed by atoms with E-state index in [0.29, 0.717) is 0 Å². The summed E-state index contributed by atoms with van der Waals surface area (Å²) in [6.07, 6.45) is -5.56. The lowest BCUT2D eigenvalue weighted by molar-refractivity contribution is -0.153. The third-order valence-corrected chi connectivity index (χ3v) is 2.39. The van der Waals surface area contributed by atoms with E-state index in [1.165, 1.54) is 13.8 Å². The predicted octanol–water partition coefficient (Wildman–Crippen LogP) is 3.08. The first-order valence-electron chi connectivity index (χ1n) is 5.68. The summed E-state index contributed by atoms with van der Waals surface area (Å²) in [5, 5.41) is 0.0678. The molecule has 0 bridgehead atoms. The molecule has 0 N–H and O–H groups in total. The zero-order chi connectivity index (χ0) is 15.8. The Labute approximate surface area is 121 Å². The Morgan fingerprint density at radius 2 is 2.10 bits per heavy atom. The average Bonchev–Trinajstić information content (AvgIpc) is 2.66. The number of hydrogen-bond acceptors (Lipinski definition) is 5. The van der Waals surface area contributed by atoms with Crippen LogP contribution >= 0.6 is 11.6 Å². The van der Waals surface area contributed by atoms with Crippen molar-refractivity contribution in [2.45, 2.75) is 26.1 Å². The molecule has 0 radical (unpaired) electrons. The van der Waals surface area contributed by atoms with Gasteiger partial charge in [-0.25, -0.2) is 14.8 Å². The molecule has 0 aliphatic heterocycles. The number of ether oxygens (including phenoxy) is 1. The van der Waals surface area contributed by atoms with Crippen LogP contribution in [0.15, 0.2) is 12.3 Å². The maximum Gasteiger partial charge on any atom is 0.534 e. The topological polar surface area (TPSA) is 66.2 Å². The summed E-state index contributed by atoms with van der Waals surface area (Å²) >= 11 is 5.68. The summed E-state index contributed by atoms with van der Waals surface area (Å²) in [7, 11) is 0. The van der Waals surface area contributed by atoms with Gasteiger partial charge in [-0.1, -0.05) is 11.6 Å². The normalized spacial score (nSPS) is 12.0. The highest BCUT2D eigenvalue weighted by molar-refractivity contribution is 6.31. The number of hydrogen-bond donors (Lipinski definition) is 0. The van der Waals surface area contributed by atoms with Gasteiger partial charge in [0.1, 0.15) is 5.52 Å². The van der Waals surface area contributed by atoms with E-state index in [1.807, 2.05) is 0 Å². The number of carbonyl (C=O) groups is 1. The van der Waals surface area contributed by atoms with E-state index in [9.17, 15) is 18.0 Å². The lowest BCUT2D eigenvalue weighted by Crippen LogP contribution is -2.27. The number of aromatic nitrogens is 3. The number of nitrogens with zero attached hydrogens (tertiary/aromatic N) is 3. The first-order valence-corrected chi connectivity index (χ1v) is 6.06. The summed E-state index contributed by atoms with van der Waals surface area (Å²) in [4.78, 5) is 22.9. The number of rotatable bonds is 2. The van der Waals surface area contributed by atoms with Crippen molar-refractivity contribution < 1.29 is 27.5 Å². The summed E-state index contributed by atoms with van der Waals surface area (Å²) in [6.45, 7) is 3.05. The van der Waals surface area contributed by atoms with Crippen LogP contribution < -0.4 is 4.84 Å². The molecule has 0 amide bonds. The molecule has 21 heavy (non-hydrogen) atoms. The van der Waals surface area contributed by atoms with Crippen molar-refractivity contribution in [1.82, 2.24) is 14.7 Å². The van der Waals surface area contributed by atoms with E-state index in [1.54, 1.807) is 0 Å². The summed E-state index contributed by atoms with van der Waals surface area (Å²) in [5.41, 5.74) is -0.459. The molecular weight excluding hydrogens is 315 g/mol.